The standard InChI is InChI=1S/C29H37N3OS/c1-22(2)21-30-26-11-6-10-25(20-26)23-13-16-32(17-14-23)18-15-27(24-8-4-3-5-9-24)31-29(33)28-12-7-19-34-28/h3-12,19-20,22-23,27,30H,13-18,21H2,1-2H3,(H,31,33)/t27-/m0/s1. The van der Waals surface area contributed by atoms with Crippen LogP contribution in [0.3, 0.4) is 0 Å². The van der Waals surface area contributed by atoms with Gasteiger partial charge in [-0.2, -0.15) is 0 Å². The molecule has 1 aliphatic heterocycles. The first kappa shape index (κ1) is 24.5. The summed E-state index contributed by atoms with van der Waals surface area (Å²) >= 11 is 1.49. The van der Waals surface area contributed by atoms with E-state index in [4.69, 9.17) is 0 Å². The predicted molar refractivity (Wildman–Crippen MR) is 144 cm³/mol. The first-order chi connectivity index (χ1) is 16.6. The number of anilines is 1. The molecule has 1 amide bonds. The molecule has 1 aromatic heterocycles. The fourth-order valence-electron chi connectivity index (χ4n) is 4.67. The van der Waals surface area contributed by atoms with Gasteiger partial charge in [-0.1, -0.05) is 62.4 Å². The van der Waals surface area contributed by atoms with Gasteiger partial charge < -0.3 is 15.5 Å². The maximum Gasteiger partial charge on any atom is 0.261 e. The van der Waals surface area contributed by atoms with Crippen LogP contribution in [0.25, 0.3) is 0 Å². The average molecular weight is 476 g/mol. The highest BCUT2D eigenvalue weighted by atomic mass is 32.1. The summed E-state index contributed by atoms with van der Waals surface area (Å²) in [5.74, 6) is 1.29. The first-order valence-electron chi connectivity index (χ1n) is 12.5. The summed E-state index contributed by atoms with van der Waals surface area (Å²) in [6.45, 7) is 8.69. The molecule has 2 aromatic carbocycles. The summed E-state index contributed by atoms with van der Waals surface area (Å²) in [7, 11) is 0. The molecule has 0 bridgehead atoms. The van der Waals surface area contributed by atoms with Crippen molar-refractivity contribution in [1.29, 1.82) is 0 Å². The third-order valence-electron chi connectivity index (χ3n) is 6.65. The van der Waals surface area contributed by atoms with Gasteiger partial charge >= 0.3 is 0 Å². The molecule has 2 N–H and O–H groups in total. The first-order valence-corrected chi connectivity index (χ1v) is 13.4. The largest absolute Gasteiger partial charge is 0.385 e. The van der Waals surface area contributed by atoms with Crippen molar-refractivity contribution in [3.05, 3.63) is 88.1 Å². The maximum absolute atomic E-state index is 12.7. The van der Waals surface area contributed by atoms with Crippen molar-refractivity contribution in [2.24, 2.45) is 5.92 Å². The summed E-state index contributed by atoms with van der Waals surface area (Å²) in [6.07, 6.45) is 3.29. The van der Waals surface area contributed by atoms with Gasteiger partial charge in [0, 0.05) is 18.8 Å². The average Bonchev–Trinajstić information content (AvgIpc) is 3.42. The number of nitrogens with one attached hydrogen (secondary N) is 2. The number of amides is 1. The zero-order valence-electron chi connectivity index (χ0n) is 20.4. The quantitative estimate of drug-likeness (QED) is 0.349. The van der Waals surface area contributed by atoms with Crippen LogP contribution in [0, 0.1) is 5.92 Å². The Balaban J connectivity index is 1.31. The van der Waals surface area contributed by atoms with Crippen LogP contribution in [0.1, 0.15) is 65.9 Å². The smallest absolute Gasteiger partial charge is 0.261 e. The van der Waals surface area contributed by atoms with Crippen molar-refractivity contribution in [1.82, 2.24) is 10.2 Å². The number of hydrogen-bond donors (Lipinski definition) is 2. The molecule has 5 heteroatoms. The molecular formula is C29H37N3OS. The second-order valence-corrected chi connectivity index (χ2v) is 10.7. The van der Waals surface area contributed by atoms with Crippen LogP contribution in [-0.2, 0) is 0 Å². The molecule has 0 aliphatic carbocycles. The number of hydrogen-bond acceptors (Lipinski definition) is 4. The molecule has 180 valence electrons. The lowest BCUT2D eigenvalue weighted by atomic mass is 9.89. The number of thiophene rings is 1. The highest BCUT2D eigenvalue weighted by Gasteiger charge is 2.23. The lowest BCUT2D eigenvalue weighted by Crippen LogP contribution is -2.36. The van der Waals surface area contributed by atoms with Crippen LogP contribution in [0.2, 0.25) is 0 Å². The van der Waals surface area contributed by atoms with E-state index >= 15 is 0 Å². The van der Waals surface area contributed by atoms with E-state index in [1.807, 2.05) is 23.6 Å². The molecule has 34 heavy (non-hydrogen) atoms. The van der Waals surface area contributed by atoms with Gasteiger partial charge in [0.2, 0.25) is 0 Å². The Bertz CT molecular complexity index is 1010. The summed E-state index contributed by atoms with van der Waals surface area (Å²) < 4.78 is 0. The molecular weight excluding hydrogens is 438 g/mol. The van der Waals surface area contributed by atoms with Gasteiger partial charge in [-0.05, 0) is 78.9 Å². The van der Waals surface area contributed by atoms with Crippen molar-refractivity contribution < 1.29 is 4.79 Å². The fraction of sp³-hybridized carbons (Fsp3) is 0.414. The predicted octanol–water partition coefficient (Wildman–Crippen LogP) is 6.56. The highest BCUT2D eigenvalue weighted by Crippen LogP contribution is 2.30. The van der Waals surface area contributed by atoms with Gasteiger partial charge in [-0.3, -0.25) is 4.79 Å². The molecule has 1 saturated heterocycles. The molecule has 0 unspecified atom stereocenters. The minimum atomic E-state index is 0.0218. The summed E-state index contributed by atoms with van der Waals surface area (Å²) in [5.41, 5.74) is 3.87. The molecule has 1 fully saturated rings. The Morgan fingerprint density at radius 3 is 2.53 bits per heavy atom. The summed E-state index contributed by atoms with van der Waals surface area (Å²) in [4.78, 5) is 16.1. The third kappa shape index (κ3) is 6.94. The summed E-state index contributed by atoms with van der Waals surface area (Å²) in [5, 5.41) is 8.79. The van der Waals surface area contributed by atoms with Crippen molar-refractivity contribution in [3.63, 3.8) is 0 Å². The number of nitrogens with zero attached hydrogens (tertiary/aromatic N) is 1. The number of rotatable bonds is 10. The Morgan fingerprint density at radius 2 is 1.82 bits per heavy atom. The van der Waals surface area contributed by atoms with E-state index in [-0.39, 0.29) is 11.9 Å². The SMILES string of the molecule is CC(C)CNc1cccc(C2CCN(CC[C@H](NC(=O)c3cccs3)c3ccccc3)CC2)c1. The number of carbonyl (C=O) groups excluding carboxylic acids is 1. The molecule has 0 saturated carbocycles. The molecule has 4 rings (SSSR count). The van der Waals surface area contributed by atoms with Crippen LogP contribution in [0.5, 0.6) is 0 Å². The van der Waals surface area contributed by atoms with Crippen molar-refractivity contribution in [3.8, 4) is 0 Å². The van der Waals surface area contributed by atoms with Crippen molar-refractivity contribution in [2.45, 2.75) is 45.1 Å². The highest BCUT2D eigenvalue weighted by molar-refractivity contribution is 7.12. The van der Waals surface area contributed by atoms with Gasteiger partial charge in [-0.25, -0.2) is 0 Å². The van der Waals surface area contributed by atoms with Gasteiger partial charge in [0.25, 0.3) is 5.91 Å². The Morgan fingerprint density at radius 1 is 1.03 bits per heavy atom. The second-order valence-electron chi connectivity index (χ2n) is 9.72. The zero-order valence-corrected chi connectivity index (χ0v) is 21.2. The van der Waals surface area contributed by atoms with Crippen LogP contribution >= 0.6 is 11.3 Å². The van der Waals surface area contributed by atoms with E-state index in [0.29, 0.717) is 11.8 Å². The monoisotopic (exact) mass is 475 g/mol. The minimum Gasteiger partial charge on any atom is -0.385 e. The van der Waals surface area contributed by atoms with Gasteiger partial charge in [-0.15, -0.1) is 11.3 Å². The van der Waals surface area contributed by atoms with E-state index in [0.717, 1.165) is 37.5 Å². The second kappa shape index (κ2) is 12.2. The summed E-state index contributed by atoms with van der Waals surface area (Å²) in [6, 6.07) is 23.2. The zero-order chi connectivity index (χ0) is 23.8. The van der Waals surface area contributed by atoms with Crippen LogP contribution in [0.4, 0.5) is 5.69 Å². The number of benzene rings is 2. The lowest BCUT2D eigenvalue weighted by molar-refractivity contribution is 0.0934. The van der Waals surface area contributed by atoms with Crippen LogP contribution in [-0.4, -0.2) is 37.0 Å². The Kier molecular flexibility index (Phi) is 8.78. The van der Waals surface area contributed by atoms with E-state index in [2.05, 4.69) is 77.9 Å². The van der Waals surface area contributed by atoms with Gasteiger partial charge in [0.1, 0.15) is 0 Å². The molecule has 1 aliphatic rings. The fourth-order valence-corrected chi connectivity index (χ4v) is 5.30. The molecule has 3 aromatic rings. The molecule has 0 spiro atoms. The molecule has 0 radical (unpaired) electrons. The van der Waals surface area contributed by atoms with Gasteiger partial charge in [0.05, 0.1) is 10.9 Å². The number of piperidine rings is 1. The van der Waals surface area contributed by atoms with Crippen LogP contribution in [0.15, 0.2) is 72.1 Å². The van der Waals surface area contributed by atoms with Crippen LogP contribution < -0.4 is 10.6 Å². The van der Waals surface area contributed by atoms with E-state index < -0.39 is 0 Å². The van der Waals surface area contributed by atoms with Crippen molar-refractivity contribution in [2.75, 3.05) is 31.5 Å². The Labute approximate surface area is 208 Å². The number of carbonyl (C=O) groups is 1. The lowest BCUT2D eigenvalue weighted by Gasteiger charge is -2.33. The normalized spacial score (nSPS) is 15.9. The van der Waals surface area contributed by atoms with E-state index in [1.54, 1.807) is 0 Å². The van der Waals surface area contributed by atoms with E-state index in [9.17, 15) is 4.79 Å². The molecule has 4 nitrogen and oxygen atoms in total. The minimum absolute atomic E-state index is 0.0218. The van der Waals surface area contributed by atoms with Crippen molar-refractivity contribution >= 4 is 22.9 Å². The van der Waals surface area contributed by atoms with E-state index in [1.165, 1.54) is 41.0 Å². The number of likely N-dealkylation sites (tertiary alicyclic amines) is 1. The maximum atomic E-state index is 12.7. The molecule has 1 atom stereocenters. The third-order valence-corrected chi connectivity index (χ3v) is 7.51. The topological polar surface area (TPSA) is 44.4 Å². The van der Waals surface area contributed by atoms with Gasteiger partial charge in [0.15, 0.2) is 0 Å². The Hall–Kier alpha value is -2.63. The molecule has 2 heterocycles.